The third-order valence-electron chi connectivity index (χ3n) is 3.05. The van der Waals surface area contributed by atoms with Crippen molar-refractivity contribution in [3.8, 4) is 0 Å². The van der Waals surface area contributed by atoms with Crippen molar-refractivity contribution in [1.82, 2.24) is 9.97 Å². The third kappa shape index (κ3) is 2.39. The van der Waals surface area contributed by atoms with E-state index >= 15 is 0 Å². The smallest absolute Gasteiger partial charge is 0.129 e. The average molecular weight is 338 g/mol. The molecule has 0 saturated carbocycles. The van der Waals surface area contributed by atoms with E-state index in [1.165, 1.54) is 0 Å². The summed E-state index contributed by atoms with van der Waals surface area (Å²) in [4.78, 5) is 7.10. The first-order chi connectivity index (χ1) is 9.15. The Hall–Kier alpha value is -1.36. The molecule has 0 aliphatic heterocycles. The van der Waals surface area contributed by atoms with Crippen LogP contribution in [0, 0.1) is 0 Å². The number of fused-ring (bicyclic) bond motifs is 1. The Kier molecular flexibility index (Phi) is 3.31. The van der Waals surface area contributed by atoms with Gasteiger partial charge in [-0.15, -0.1) is 0 Å². The summed E-state index contributed by atoms with van der Waals surface area (Å²) in [5.74, 6) is 0. The van der Waals surface area contributed by atoms with E-state index in [1.54, 1.807) is 18.5 Å². The summed E-state index contributed by atoms with van der Waals surface area (Å²) in [6.07, 6.45) is 2.76. The Labute approximate surface area is 123 Å². The molecule has 1 unspecified atom stereocenters. The number of aromatic nitrogens is 2. The molecule has 2 aromatic heterocycles. The number of aliphatic hydroxyl groups is 1. The van der Waals surface area contributed by atoms with Crippen molar-refractivity contribution >= 4 is 38.4 Å². The first kappa shape index (κ1) is 12.7. The van der Waals surface area contributed by atoms with E-state index in [2.05, 4.69) is 25.9 Å². The molecule has 0 aliphatic rings. The van der Waals surface area contributed by atoms with E-state index in [0.717, 1.165) is 26.5 Å². The van der Waals surface area contributed by atoms with Gasteiger partial charge < -0.3 is 10.1 Å². The molecule has 3 nitrogen and oxygen atoms in total. The number of benzene rings is 1. The zero-order chi connectivity index (χ0) is 13.4. The van der Waals surface area contributed by atoms with E-state index in [-0.39, 0.29) is 0 Å². The lowest BCUT2D eigenvalue weighted by atomic mass is 10.0. The fourth-order valence-electron chi connectivity index (χ4n) is 2.07. The zero-order valence-electron chi connectivity index (χ0n) is 9.77. The molecule has 2 N–H and O–H groups in total. The van der Waals surface area contributed by atoms with Crippen LogP contribution in [0.4, 0.5) is 0 Å². The van der Waals surface area contributed by atoms with Crippen LogP contribution in [0.25, 0.3) is 10.9 Å². The van der Waals surface area contributed by atoms with Crippen LogP contribution in [-0.2, 0) is 0 Å². The van der Waals surface area contributed by atoms with E-state index in [0.29, 0.717) is 5.15 Å². The highest BCUT2D eigenvalue weighted by Gasteiger charge is 2.15. The van der Waals surface area contributed by atoms with Gasteiger partial charge in [-0.05, 0) is 23.8 Å². The van der Waals surface area contributed by atoms with Gasteiger partial charge in [0.15, 0.2) is 0 Å². The second-order valence-electron chi connectivity index (χ2n) is 4.25. The van der Waals surface area contributed by atoms with Gasteiger partial charge in [-0.3, -0.25) is 0 Å². The first-order valence-electron chi connectivity index (χ1n) is 5.71. The number of aromatic amines is 1. The highest BCUT2D eigenvalue weighted by molar-refractivity contribution is 9.10. The molecule has 3 rings (SSSR count). The molecule has 3 aromatic rings. The second kappa shape index (κ2) is 4.96. The fourth-order valence-corrected chi connectivity index (χ4v) is 2.49. The molecule has 0 amide bonds. The standard InChI is InChI=1S/C14H10BrClN2O/c15-9-3-1-8(2-4-9)14(19)11-6-17-12-7-18-13(16)5-10(11)12/h1-7,14,17,19H. The third-order valence-corrected chi connectivity index (χ3v) is 3.78. The van der Waals surface area contributed by atoms with Crippen molar-refractivity contribution in [1.29, 1.82) is 0 Å². The molecule has 5 heteroatoms. The lowest BCUT2D eigenvalue weighted by Crippen LogP contribution is -1.98. The van der Waals surface area contributed by atoms with E-state index in [4.69, 9.17) is 11.6 Å². The summed E-state index contributed by atoms with van der Waals surface area (Å²) in [5, 5.41) is 11.8. The largest absolute Gasteiger partial charge is 0.384 e. The second-order valence-corrected chi connectivity index (χ2v) is 5.55. The maximum atomic E-state index is 10.5. The van der Waals surface area contributed by atoms with Crippen LogP contribution in [0.3, 0.4) is 0 Å². The van der Waals surface area contributed by atoms with Crippen molar-refractivity contribution in [3.63, 3.8) is 0 Å². The average Bonchev–Trinajstić information content (AvgIpc) is 2.81. The van der Waals surface area contributed by atoms with Crippen LogP contribution in [-0.4, -0.2) is 15.1 Å². The van der Waals surface area contributed by atoms with Gasteiger partial charge in [0.2, 0.25) is 0 Å². The molecule has 19 heavy (non-hydrogen) atoms. The zero-order valence-corrected chi connectivity index (χ0v) is 12.1. The summed E-state index contributed by atoms with van der Waals surface area (Å²) in [5.41, 5.74) is 2.48. The Morgan fingerprint density at radius 1 is 1.26 bits per heavy atom. The van der Waals surface area contributed by atoms with Crippen molar-refractivity contribution in [3.05, 3.63) is 63.5 Å². The Morgan fingerprint density at radius 3 is 2.74 bits per heavy atom. The molecule has 0 saturated heterocycles. The molecule has 0 bridgehead atoms. The summed E-state index contributed by atoms with van der Waals surface area (Å²) >= 11 is 9.29. The molecule has 0 radical (unpaired) electrons. The number of nitrogens with zero attached hydrogens (tertiary/aromatic N) is 1. The van der Waals surface area contributed by atoms with Crippen LogP contribution >= 0.6 is 27.5 Å². The lowest BCUT2D eigenvalue weighted by molar-refractivity contribution is 0.222. The number of hydrogen-bond donors (Lipinski definition) is 2. The quantitative estimate of drug-likeness (QED) is 0.693. The predicted molar refractivity (Wildman–Crippen MR) is 79.3 cm³/mol. The first-order valence-corrected chi connectivity index (χ1v) is 6.88. The SMILES string of the molecule is OC(c1ccc(Br)cc1)c1c[nH]c2cnc(Cl)cc12. The van der Waals surface area contributed by atoms with Crippen LogP contribution in [0.2, 0.25) is 5.15 Å². The number of aliphatic hydroxyl groups excluding tert-OH is 1. The Morgan fingerprint density at radius 2 is 2.00 bits per heavy atom. The lowest BCUT2D eigenvalue weighted by Gasteiger charge is -2.10. The van der Waals surface area contributed by atoms with Gasteiger partial charge in [-0.1, -0.05) is 39.7 Å². The number of nitrogens with one attached hydrogen (secondary N) is 1. The minimum absolute atomic E-state index is 0.413. The van der Waals surface area contributed by atoms with E-state index in [1.807, 2.05) is 24.3 Å². The summed E-state index contributed by atoms with van der Waals surface area (Å²) in [7, 11) is 0. The summed E-state index contributed by atoms with van der Waals surface area (Å²) < 4.78 is 0.981. The van der Waals surface area contributed by atoms with Gasteiger partial charge in [0.25, 0.3) is 0 Å². The molecule has 0 fully saturated rings. The van der Waals surface area contributed by atoms with Crippen molar-refractivity contribution in [2.75, 3.05) is 0 Å². The highest BCUT2D eigenvalue weighted by atomic mass is 79.9. The monoisotopic (exact) mass is 336 g/mol. The topological polar surface area (TPSA) is 48.9 Å². The van der Waals surface area contributed by atoms with Crippen LogP contribution in [0.5, 0.6) is 0 Å². The minimum atomic E-state index is -0.694. The molecule has 0 aliphatic carbocycles. The van der Waals surface area contributed by atoms with Gasteiger partial charge in [-0.25, -0.2) is 4.98 Å². The Bertz CT molecular complexity index is 724. The molecular weight excluding hydrogens is 328 g/mol. The fraction of sp³-hybridized carbons (Fsp3) is 0.0714. The Balaban J connectivity index is 2.08. The predicted octanol–water partition coefficient (Wildman–Crippen LogP) is 4.06. The molecule has 96 valence electrons. The van der Waals surface area contributed by atoms with Gasteiger partial charge in [0, 0.05) is 21.6 Å². The van der Waals surface area contributed by atoms with E-state index in [9.17, 15) is 5.11 Å². The molecule has 1 atom stereocenters. The molecular formula is C14H10BrClN2O. The number of rotatable bonds is 2. The number of hydrogen-bond acceptors (Lipinski definition) is 2. The van der Waals surface area contributed by atoms with Crippen molar-refractivity contribution in [2.45, 2.75) is 6.10 Å². The number of halogens is 2. The minimum Gasteiger partial charge on any atom is -0.384 e. The highest BCUT2D eigenvalue weighted by Crippen LogP contribution is 2.30. The van der Waals surface area contributed by atoms with Crippen LogP contribution < -0.4 is 0 Å². The van der Waals surface area contributed by atoms with E-state index < -0.39 is 6.10 Å². The van der Waals surface area contributed by atoms with Gasteiger partial charge in [0.1, 0.15) is 11.3 Å². The number of H-pyrrole nitrogens is 1. The van der Waals surface area contributed by atoms with Gasteiger partial charge in [0.05, 0.1) is 11.7 Å². The maximum absolute atomic E-state index is 10.5. The van der Waals surface area contributed by atoms with Crippen molar-refractivity contribution < 1.29 is 5.11 Å². The van der Waals surface area contributed by atoms with Crippen LogP contribution in [0.15, 0.2) is 47.2 Å². The van der Waals surface area contributed by atoms with Gasteiger partial charge in [-0.2, -0.15) is 0 Å². The normalized spacial score (nSPS) is 12.8. The maximum Gasteiger partial charge on any atom is 0.129 e. The molecule has 2 heterocycles. The van der Waals surface area contributed by atoms with Crippen molar-refractivity contribution in [2.24, 2.45) is 0 Å². The summed E-state index contributed by atoms with van der Waals surface area (Å²) in [6, 6.07) is 9.33. The summed E-state index contributed by atoms with van der Waals surface area (Å²) in [6.45, 7) is 0. The van der Waals surface area contributed by atoms with Gasteiger partial charge >= 0.3 is 0 Å². The number of pyridine rings is 1. The molecule has 0 spiro atoms. The molecule has 1 aromatic carbocycles. The van der Waals surface area contributed by atoms with Crippen LogP contribution in [0.1, 0.15) is 17.2 Å².